The van der Waals surface area contributed by atoms with Crippen molar-refractivity contribution in [2.75, 3.05) is 31.2 Å². The Balaban J connectivity index is 1.69. The molecule has 21 heavy (non-hydrogen) atoms. The molecule has 2 aromatic carbocycles. The van der Waals surface area contributed by atoms with Gasteiger partial charge in [-0.25, -0.2) is 0 Å². The van der Waals surface area contributed by atoms with Crippen molar-refractivity contribution < 1.29 is 4.74 Å². The van der Waals surface area contributed by atoms with E-state index in [9.17, 15) is 0 Å². The lowest BCUT2D eigenvalue weighted by Gasteiger charge is -2.28. The van der Waals surface area contributed by atoms with Gasteiger partial charge in [0.1, 0.15) is 0 Å². The van der Waals surface area contributed by atoms with Crippen LogP contribution in [0.2, 0.25) is 0 Å². The molecule has 0 aliphatic carbocycles. The fourth-order valence-electron chi connectivity index (χ4n) is 2.47. The third-order valence-electron chi connectivity index (χ3n) is 3.63. The zero-order valence-electron chi connectivity index (χ0n) is 12.3. The van der Waals surface area contributed by atoms with Crippen molar-refractivity contribution >= 4 is 17.6 Å². The summed E-state index contributed by atoms with van der Waals surface area (Å²) in [6.07, 6.45) is 1.91. The minimum atomic E-state index is 0.813. The van der Waals surface area contributed by atoms with Gasteiger partial charge >= 0.3 is 0 Å². The quantitative estimate of drug-likeness (QED) is 0.803. The minimum absolute atomic E-state index is 0.813. The highest BCUT2D eigenvalue weighted by atomic mass is 16.5. The summed E-state index contributed by atoms with van der Waals surface area (Å²) < 4.78 is 5.38. The summed E-state index contributed by atoms with van der Waals surface area (Å²) in [6, 6.07) is 16.7. The van der Waals surface area contributed by atoms with Crippen molar-refractivity contribution in [3.05, 3.63) is 59.7 Å². The van der Waals surface area contributed by atoms with E-state index in [1.54, 1.807) is 0 Å². The van der Waals surface area contributed by atoms with Crippen LogP contribution in [-0.2, 0) is 4.74 Å². The molecule has 0 bridgehead atoms. The van der Waals surface area contributed by atoms with Gasteiger partial charge in [-0.3, -0.25) is 4.99 Å². The summed E-state index contributed by atoms with van der Waals surface area (Å²) in [4.78, 5) is 6.88. The molecule has 0 radical (unpaired) electrons. The molecule has 0 atom stereocenters. The Kier molecular flexibility index (Phi) is 4.31. The van der Waals surface area contributed by atoms with E-state index < -0.39 is 0 Å². The number of nitrogens with zero attached hydrogens (tertiary/aromatic N) is 2. The highest BCUT2D eigenvalue weighted by Crippen LogP contribution is 2.20. The smallest absolute Gasteiger partial charge is 0.0642 e. The topological polar surface area (TPSA) is 24.8 Å². The van der Waals surface area contributed by atoms with E-state index in [-0.39, 0.29) is 0 Å². The van der Waals surface area contributed by atoms with Gasteiger partial charge < -0.3 is 9.64 Å². The van der Waals surface area contributed by atoms with Gasteiger partial charge in [-0.1, -0.05) is 29.8 Å². The van der Waals surface area contributed by atoms with Gasteiger partial charge in [0.05, 0.1) is 18.9 Å². The average molecular weight is 280 g/mol. The maximum atomic E-state index is 5.38. The molecule has 3 heteroatoms. The van der Waals surface area contributed by atoms with Gasteiger partial charge in [0.25, 0.3) is 0 Å². The zero-order chi connectivity index (χ0) is 14.5. The second-order valence-electron chi connectivity index (χ2n) is 5.29. The summed E-state index contributed by atoms with van der Waals surface area (Å²) in [7, 11) is 0. The molecule has 3 rings (SSSR count). The van der Waals surface area contributed by atoms with Crippen molar-refractivity contribution in [3.63, 3.8) is 0 Å². The van der Waals surface area contributed by atoms with Crippen LogP contribution in [0.4, 0.5) is 11.4 Å². The second kappa shape index (κ2) is 6.55. The third-order valence-corrected chi connectivity index (χ3v) is 3.63. The lowest BCUT2D eigenvalue weighted by molar-refractivity contribution is 0.122. The van der Waals surface area contributed by atoms with Gasteiger partial charge in [-0.15, -0.1) is 0 Å². The number of hydrogen-bond acceptors (Lipinski definition) is 3. The normalized spacial score (nSPS) is 15.6. The van der Waals surface area contributed by atoms with Crippen LogP contribution in [0, 0.1) is 6.92 Å². The van der Waals surface area contributed by atoms with E-state index in [1.807, 2.05) is 6.21 Å². The fraction of sp³-hybridized carbons (Fsp3) is 0.278. The molecule has 1 aliphatic rings. The molecular weight excluding hydrogens is 260 g/mol. The first-order valence-corrected chi connectivity index (χ1v) is 7.35. The van der Waals surface area contributed by atoms with Gasteiger partial charge in [-0.2, -0.15) is 0 Å². The molecule has 0 aromatic heterocycles. The lowest BCUT2D eigenvalue weighted by atomic mass is 10.1. The summed E-state index contributed by atoms with van der Waals surface area (Å²) >= 11 is 0. The number of aliphatic imine (C=N–C) groups is 1. The van der Waals surface area contributed by atoms with Gasteiger partial charge in [0.2, 0.25) is 0 Å². The first-order chi connectivity index (χ1) is 10.3. The first-order valence-electron chi connectivity index (χ1n) is 7.35. The maximum absolute atomic E-state index is 5.38. The molecule has 1 aliphatic heterocycles. The maximum Gasteiger partial charge on any atom is 0.0642 e. The Morgan fingerprint density at radius 1 is 1.05 bits per heavy atom. The van der Waals surface area contributed by atoms with E-state index in [4.69, 9.17) is 4.74 Å². The Morgan fingerprint density at radius 3 is 2.52 bits per heavy atom. The van der Waals surface area contributed by atoms with Crippen LogP contribution >= 0.6 is 0 Å². The van der Waals surface area contributed by atoms with Crippen LogP contribution in [-0.4, -0.2) is 32.5 Å². The Hall–Kier alpha value is -2.13. The van der Waals surface area contributed by atoms with Crippen LogP contribution < -0.4 is 4.90 Å². The second-order valence-corrected chi connectivity index (χ2v) is 5.29. The number of ether oxygens (including phenoxy) is 1. The Labute approximate surface area is 125 Å². The summed E-state index contributed by atoms with van der Waals surface area (Å²) in [5.74, 6) is 0. The van der Waals surface area contributed by atoms with E-state index in [1.165, 1.54) is 11.3 Å². The van der Waals surface area contributed by atoms with Crippen LogP contribution in [0.25, 0.3) is 0 Å². The van der Waals surface area contributed by atoms with Crippen LogP contribution in [0.1, 0.15) is 11.1 Å². The van der Waals surface area contributed by atoms with Crippen LogP contribution in [0.15, 0.2) is 53.5 Å². The minimum Gasteiger partial charge on any atom is -0.378 e. The van der Waals surface area contributed by atoms with Crippen molar-refractivity contribution in [1.29, 1.82) is 0 Å². The number of hydrogen-bond donors (Lipinski definition) is 0. The molecule has 0 N–H and O–H groups in total. The Bertz CT molecular complexity index is 613. The molecule has 2 aromatic rings. The third kappa shape index (κ3) is 3.70. The predicted molar refractivity (Wildman–Crippen MR) is 87.9 cm³/mol. The zero-order valence-corrected chi connectivity index (χ0v) is 12.3. The molecule has 1 saturated heterocycles. The highest BCUT2D eigenvalue weighted by Gasteiger charge is 2.10. The van der Waals surface area contributed by atoms with Crippen molar-refractivity contribution in [3.8, 4) is 0 Å². The van der Waals surface area contributed by atoms with Crippen molar-refractivity contribution in [1.82, 2.24) is 0 Å². The SMILES string of the molecule is Cc1cccc(C=Nc2ccc(N3CCOCC3)cc2)c1. The summed E-state index contributed by atoms with van der Waals surface area (Å²) in [6.45, 7) is 5.65. The number of morpholine rings is 1. The fourth-order valence-corrected chi connectivity index (χ4v) is 2.47. The van der Waals surface area contributed by atoms with Crippen molar-refractivity contribution in [2.24, 2.45) is 4.99 Å². The number of anilines is 1. The van der Waals surface area contributed by atoms with Gasteiger partial charge in [0.15, 0.2) is 0 Å². The first kappa shape index (κ1) is 13.8. The Morgan fingerprint density at radius 2 is 1.81 bits per heavy atom. The summed E-state index contributed by atoms with van der Waals surface area (Å²) in [5.41, 5.74) is 4.61. The van der Waals surface area contributed by atoms with Gasteiger partial charge in [-0.05, 0) is 36.8 Å². The van der Waals surface area contributed by atoms with Gasteiger partial charge in [0, 0.05) is 25.0 Å². The van der Waals surface area contributed by atoms with Crippen molar-refractivity contribution in [2.45, 2.75) is 6.92 Å². The lowest BCUT2D eigenvalue weighted by Crippen LogP contribution is -2.36. The van der Waals surface area contributed by atoms with Crippen LogP contribution in [0.3, 0.4) is 0 Å². The van der Waals surface area contributed by atoms with E-state index in [0.717, 1.165) is 37.6 Å². The standard InChI is InChI=1S/C18H20N2O/c1-15-3-2-4-16(13-15)14-19-17-5-7-18(8-6-17)20-9-11-21-12-10-20/h2-8,13-14H,9-12H2,1H3. The molecular formula is C18H20N2O. The highest BCUT2D eigenvalue weighted by molar-refractivity contribution is 5.82. The number of benzene rings is 2. The molecule has 108 valence electrons. The molecule has 0 unspecified atom stereocenters. The molecule has 1 heterocycles. The average Bonchev–Trinajstić information content (AvgIpc) is 2.54. The molecule has 0 spiro atoms. The molecule has 1 fully saturated rings. The molecule has 0 saturated carbocycles. The largest absolute Gasteiger partial charge is 0.378 e. The van der Waals surface area contributed by atoms with E-state index in [2.05, 4.69) is 65.3 Å². The number of aryl methyl sites for hydroxylation is 1. The van der Waals surface area contributed by atoms with E-state index in [0.29, 0.717) is 0 Å². The molecule has 3 nitrogen and oxygen atoms in total. The van der Waals surface area contributed by atoms with Crippen LogP contribution in [0.5, 0.6) is 0 Å². The monoisotopic (exact) mass is 280 g/mol. The number of rotatable bonds is 3. The predicted octanol–water partition coefficient (Wildman–Crippen LogP) is 3.58. The van der Waals surface area contributed by atoms with E-state index >= 15 is 0 Å². The molecule has 0 amide bonds. The summed E-state index contributed by atoms with van der Waals surface area (Å²) in [5, 5.41) is 0.